The molecule has 2 atom stereocenters. The minimum Gasteiger partial charge on any atom is -0.345 e. The van der Waals surface area contributed by atoms with Gasteiger partial charge in [-0.05, 0) is 63.4 Å². The van der Waals surface area contributed by atoms with Crippen LogP contribution in [0.15, 0.2) is 24.3 Å². The van der Waals surface area contributed by atoms with E-state index in [1.807, 2.05) is 13.0 Å². The second-order valence-corrected chi connectivity index (χ2v) is 8.06. The zero-order valence-corrected chi connectivity index (χ0v) is 15.3. The Morgan fingerprint density at radius 3 is 2.80 bits per heavy atom. The van der Waals surface area contributed by atoms with Crippen molar-refractivity contribution in [3.05, 3.63) is 40.8 Å². The van der Waals surface area contributed by atoms with Crippen LogP contribution in [-0.2, 0) is 0 Å². The summed E-state index contributed by atoms with van der Waals surface area (Å²) in [6.45, 7) is 6.34. The molecule has 3 aliphatic heterocycles. The topological polar surface area (TPSA) is 45.2 Å². The SMILES string of the molecule is Cc1nc(C(=O)N[C@@H]2C3CCN(CC3)[C@H]2C)sc1-c1cccc(F)c1. The Kier molecular flexibility index (Phi) is 4.33. The number of aromatic nitrogens is 1. The number of fused-ring (bicyclic) bond motifs is 3. The summed E-state index contributed by atoms with van der Waals surface area (Å²) >= 11 is 1.34. The Labute approximate surface area is 151 Å². The fraction of sp³-hybridized carbons (Fsp3) is 0.474. The monoisotopic (exact) mass is 359 g/mol. The van der Waals surface area contributed by atoms with E-state index in [0.29, 0.717) is 17.0 Å². The lowest BCUT2D eigenvalue weighted by molar-refractivity contribution is 0.0217. The lowest BCUT2D eigenvalue weighted by Gasteiger charge is -2.49. The van der Waals surface area contributed by atoms with Crippen LogP contribution in [-0.4, -0.2) is 41.0 Å². The van der Waals surface area contributed by atoms with Crippen molar-refractivity contribution in [2.75, 3.05) is 13.1 Å². The van der Waals surface area contributed by atoms with Gasteiger partial charge in [-0.2, -0.15) is 0 Å². The number of carbonyl (C=O) groups excluding carboxylic acids is 1. The first-order valence-electron chi connectivity index (χ1n) is 8.81. The van der Waals surface area contributed by atoms with Crippen LogP contribution in [0, 0.1) is 18.7 Å². The Morgan fingerprint density at radius 1 is 1.36 bits per heavy atom. The van der Waals surface area contributed by atoms with Gasteiger partial charge in [0.05, 0.1) is 10.6 Å². The molecule has 132 valence electrons. The summed E-state index contributed by atoms with van der Waals surface area (Å²) in [5, 5.41) is 3.67. The van der Waals surface area contributed by atoms with Gasteiger partial charge in [0.1, 0.15) is 5.82 Å². The Morgan fingerprint density at radius 2 is 2.12 bits per heavy atom. The fourth-order valence-electron chi connectivity index (χ4n) is 4.15. The number of halogens is 1. The molecule has 3 fully saturated rings. The number of hydrogen-bond acceptors (Lipinski definition) is 4. The Hall–Kier alpha value is -1.79. The van der Waals surface area contributed by atoms with Crippen LogP contribution in [0.3, 0.4) is 0 Å². The van der Waals surface area contributed by atoms with Crippen LogP contribution >= 0.6 is 11.3 Å². The Balaban J connectivity index is 1.54. The number of hydrogen-bond donors (Lipinski definition) is 1. The number of aryl methyl sites for hydroxylation is 1. The summed E-state index contributed by atoms with van der Waals surface area (Å²) in [4.78, 5) is 20.5. The van der Waals surface area contributed by atoms with Gasteiger partial charge in [0.2, 0.25) is 0 Å². The van der Waals surface area contributed by atoms with Gasteiger partial charge < -0.3 is 5.32 Å². The largest absolute Gasteiger partial charge is 0.345 e. The number of benzene rings is 1. The van der Waals surface area contributed by atoms with Crippen molar-refractivity contribution in [2.24, 2.45) is 5.92 Å². The van der Waals surface area contributed by atoms with E-state index < -0.39 is 0 Å². The quantitative estimate of drug-likeness (QED) is 0.913. The molecule has 3 aliphatic rings. The molecule has 4 nitrogen and oxygen atoms in total. The third-order valence-electron chi connectivity index (χ3n) is 5.55. The molecule has 6 heteroatoms. The third-order valence-corrected chi connectivity index (χ3v) is 6.76. The van der Waals surface area contributed by atoms with Crippen molar-refractivity contribution in [2.45, 2.75) is 38.8 Å². The highest BCUT2D eigenvalue weighted by atomic mass is 32.1. The molecule has 1 N–H and O–H groups in total. The summed E-state index contributed by atoms with van der Waals surface area (Å²) in [5.41, 5.74) is 1.54. The van der Waals surface area contributed by atoms with Gasteiger partial charge in [0, 0.05) is 12.1 Å². The van der Waals surface area contributed by atoms with Crippen molar-refractivity contribution >= 4 is 17.2 Å². The van der Waals surface area contributed by atoms with E-state index in [2.05, 4.69) is 22.1 Å². The van der Waals surface area contributed by atoms with Crippen molar-refractivity contribution in [3.8, 4) is 10.4 Å². The van der Waals surface area contributed by atoms with E-state index in [1.165, 1.54) is 23.5 Å². The van der Waals surface area contributed by atoms with Crippen molar-refractivity contribution in [1.82, 2.24) is 15.2 Å². The second kappa shape index (κ2) is 6.50. The molecule has 4 heterocycles. The molecule has 0 unspecified atom stereocenters. The first-order valence-corrected chi connectivity index (χ1v) is 9.63. The van der Waals surface area contributed by atoms with E-state index in [-0.39, 0.29) is 17.8 Å². The first kappa shape index (κ1) is 16.7. The van der Waals surface area contributed by atoms with Gasteiger partial charge in [-0.15, -0.1) is 11.3 Å². The van der Waals surface area contributed by atoms with E-state index in [4.69, 9.17) is 0 Å². The highest BCUT2D eigenvalue weighted by Gasteiger charge is 2.40. The van der Waals surface area contributed by atoms with E-state index in [0.717, 1.165) is 42.1 Å². The Bertz CT molecular complexity index is 796. The van der Waals surface area contributed by atoms with E-state index in [9.17, 15) is 9.18 Å². The molecule has 0 saturated carbocycles. The summed E-state index contributed by atoms with van der Waals surface area (Å²) in [7, 11) is 0. The first-order chi connectivity index (χ1) is 12.0. The van der Waals surface area contributed by atoms with E-state index >= 15 is 0 Å². The van der Waals surface area contributed by atoms with E-state index in [1.54, 1.807) is 6.07 Å². The number of nitrogens with one attached hydrogen (secondary N) is 1. The molecule has 25 heavy (non-hydrogen) atoms. The lowest BCUT2D eigenvalue weighted by Crippen LogP contribution is -2.62. The maximum atomic E-state index is 13.5. The average Bonchev–Trinajstić information content (AvgIpc) is 3.00. The second-order valence-electron chi connectivity index (χ2n) is 7.06. The van der Waals surface area contributed by atoms with Crippen molar-refractivity contribution in [3.63, 3.8) is 0 Å². The van der Waals surface area contributed by atoms with Crippen LogP contribution in [0.5, 0.6) is 0 Å². The molecule has 0 radical (unpaired) electrons. The zero-order chi connectivity index (χ0) is 17.6. The van der Waals surface area contributed by atoms with Crippen molar-refractivity contribution in [1.29, 1.82) is 0 Å². The number of amides is 1. The highest BCUT2D eigenvalue weighted by Crippen LogP contribution is 2.33. The molecule has 1 aromatic heterocycles. The smallest absolute Gasteiger partial charge is 0.280 e. The molecular weight excluding hydrogens is 337 g/mol. The average molecular weight is 359 g/mol. The van der Waals surface area contributed by atoms with Crippen LogP contribution in [0.4, 0.5) is 4.39 Å². The van der Waals surface area contributed by atoms with Crippen LogP contribution < -0.4 is 5.32 Å². The molecule has 0 spiro atoms. The maximum absolute atomic E-state index is 13.5. The molecule has 3 saturated heterocycles. The van der Waals surface area contributed by atoms with Crippen LogP contribution in [0.25, 0.3) is 10.4 Å². The predicted molar refractivity (Wildman–Crippen MR) is 97.3 cm³/mol. The third kappa shape index (κ3) is 3.09. The number of piperidine rings is 3. The summed E-state index contributed by atoms with van der Waals surface area (Å²) < 4.78 is 13.5. The number of rotatable bonds is 3. The summed E-state index contributed by atoms with van der Waals surface area (Å²) in [5.74, 6) is 0.173. The molecular formula is C19H22FN3OS. The lowest BCUT2D eigenvalue weighted by atomic mass is 9.79. The van der Waals surface area contributed by atoms with Gasteiger partial charge in [-0.25, -0.2) is 9.37 Å². The van der Waals surface area contributed by atoms with Gasteiger partial charge in [-0.3, -0.25) is 9.69 Å². The summed E-state index contributed by atoms with van der Waals surface area (Å²) in [6, 6.07) is 7.00. The molecule has 0 aliphatic carbocycles. The molecule has 1 amide bonds. The number of carbonyl (C=O) groups is 1. The minimum atomic E-state index is -0.280. The summed E-state index contributed by atoms with van der Waals surface area (Å²) in [6.07, 6.45) is 2.31. The standard InChI is InChI=1S/C19H22FN3OS/c1-11-17(14-4-3-5-15(20)10-14)25-19(21-11)18(24)22-16-12(2)23-8-6-13(16)7-9-23/h3-5,10,12-13,16H,6-9H2,1-2H3,(H,22,24)/t12-,16-/m0/s1. The molecule has 5 rings (SSSR count). The molecule has 2 bridgehead atoms. The van der Waals surface area contributed by atoms with Gasteiger partial charge in [0.25, 0.3) is 5.91 Å². The minimum absolute atomic E-state index is 0.110. The normalized spacial score (nSPS) is 28.1. The van der Waals surface area contributed by atoms with Crippen molar-refractivity contribution < 1.29 is 9.18 Å². The molecule has 2 aromatic rings. The van der Waals surface area contributed by atoms with Crippen LogP contribution in [0.1, 0.15) is 35.3 Å². The van der Waals surface area contributed by atoms with Gasteiger partial charge in [-0.1, -0.05) is 12.1 Å². The van der Waals surface area contributed by atoms with Crippen LogP contribution in [0.2, 0.25) is 0 Å². The highest BCUT2D eigenvalue weighted by molar-refractivity contribution is 7.17. The zero-order valence-electron chi connectivity index (χ0n) is 14.5. The number of thiazole rings is 1. The van der Waals surface area contributed by atoms with Gasteiger partial charge in [0.15, 0.2) is 5.01 Å². The van der Waals surface area contributed by atoms with Gasteiger partial charge >= 0.3 is 0 Å². The number of nitrogens with zero attached hydrogens (tertiary/aromatic N) is 2. The predicted octanol–water partition coefficient (Wildman–Crippen LogP) is 3.47. The maximum Gasteiger partial charge on any atom is 0.280 e. The fourth-order valence-corrected chi connectivity index (χ4v) is 5.12. The molecule has 1 aromatic carbocycles.